The third-order valence-corrected chi connectivity index (χ3v) is 11.0. The van der Waals surface area contributed by atoms with Gasteiger partial charge in [-0.3, -0.25) is 0 Å². The summed E-state index contributed by atoms with van der Waals surface area (Å²) in [5.74, 6) is 1.78. The lowest BCUT2D eigenvalue weighted by molar-refractivity contribution is -0.193. The number of nitriles is 1. The quantitative estimate of drug-likeness (QED) is 0.294. The second-order valence-corrected chi connectivity index (χ2v) is 12.2. The van der Waals surface area contributed by atoms with Crippen LogP contribution in [-0.4, -0.2) is 26.5 Å². The molecule has 2 heterocycles. The van der Waals surface area contributed by atoms with E-state index in [0.717, 1.165) is 64.9 Å². The van der Waals surface area contributed by atoms with Crippen LogP contribution in [0.3, 0.4) is 0 Å². The molecule has 0 radical (unpaired) electrons. The molecule has 0 saturated heterocycles. The third-order valence-electron chi connectivity index (χ3n) is 5.54. The zero-order valence-electron chi connectivity index (χ0n) is 21.7. The van der Waals surface area contributed by atoms with Crippen LogP contribution in [0.25, 0.3) is 6.08 Å². The topological polar surface area (TPSA) is 111 Å². The van der Waals surface area contributed by atoms with E-state index in [-0.39, 0.29) is 12.3 Å². The molecule has 202 valence electrons. The molecule has 0 fully saturated rings. The normalized spacial score (nSPS) is 12.2. The van der Waals surface area contributed by atoms with Crippen molar-refractivity contribution in [2.45, 2.75) is 52.7 Å². The van der Waals surface area contributed by atoms with Crippen molar-refractivity contribution in [3.63, 3.8) is 0 Å². The maximum atomic E-state index is 9.97. The smallest absolute Gasteiger partial charge is 0.373 e. The Bertz CT molecular complexity index is 1330. The molecule has 2 aromatic carbocycles. The highest BCUT2D eigenvalue weighted by atomic mass is 32.2. The highest BCUT2D eigenvalue weighted by molar-refractivity contribution is 8.25. The number of rotatable bonds is 7. The van der Waals surface area contributed by atoms with E-state index in [1.54, 1.807) is 61.3 Å². The summed E-state index contributed by atoms with van der Waals surface area (Å²) in [4.78, 5) is 36.8. The highest BCUT2D eigenvalue weighted by Crippen LogP contribution is 2.68. The van der Waals surface area contributed by atoms with Crippen molar-refractivity contribution in [3.05, 3.63) is 61.6 Å². The van der Waals surface area contributed by atoms with Gasteiger partial charge in [-0.1, -0.05) is 103 Å². The Morgan fingerprint density at radius 3 is 1.56 bits per heavy atom. The summed E-state index contributed by atoms with van der Waals surface area (Å²) in [6.45, 7) is 8.23. The van der Waals surface area contributed by atoms with E-state index in [2.05, 4.69) is 38.6 Å². The van der Waals surface area contributed by atoms with E-state index >= 15 is 0 Å². The van der Waals surface area contributed by atoms with Gasteiger partial charge in [-0.05, 0) is 24.0 Å². The number of nitrogens with zero attached hydrogens (tertiary/aromatic N) is 1. The van der Waals surface area contributed by atoms with Crippen LogP contribution in [0.2, 0.25) is 0 Å². The predicted octanol–water partition coefficient (Wildman–Crippen LogP) is 7.58. The zero-order valence-corrected chi connectivity index (χ0v) is 25.0. The van der Waals surface area contributed by atoms with Crippen LogP contribution in [0, 0.1) is 11.3 Å². The predicted molar refractivity (Wildman–Crippen MR) is 153 cm³/mol. The molecule has 4 rings (SSSR count). The van der Waals surface area contributed by atoms with Crippen molar-refractivity contribution in [2.24, 2.45) is 0 Å². The van der Waals surface area contributed by atoms with Crippen molar-refractivity contribution in [1.29, 1.82) is 5.26 Å². The molecular formula is C28H25NO6S4. The molecule has 7 nitrogen and oxygen atoms in total. The van der Waals surface area contributed by atoms with Crippen molar-refractivity contribution < 1.29 is 28.7 Å². The first-order valence-corrected chi connectivity index (χ1v) is 14.8. The van der Waals surface area contributed by atoms with Crippen molar-refractivity contribution in [1.82, 2.24) is 0 Å². The molecule has 0 saturated carbocycles. The molecular weight excluding hydrogens is 575 g/mol. The molecule has 2 aliphatic heterocycles. The number of hydrogen-bond acceptors (Lipinski definition) is 11. The molecule has 39 heavy (non-hydrogen) atoms. The van der Waals surface area contributed by atoms with E-state index in [0.29, 0.717) is 6.42 Å². The van der Waals surface area contributed by atoms with Crippen LogP contribution in [0.4, 0.5) is 0 Å². The Labute approximate surface area is 244 Å². The first kappa shape index (κ1) is 32.1. The number of benzene rings is 2. The van der Waals surface area contributed by atoms with Gasteiger partial charge in [0.15, 0.2) is 0 Å². The van der Waals surface area contributed by atoms with E-state index in [1.165, 1.54) is 9.81 Å². The van der Waals surface area contributed by atoms with E-state index < -0.39 is 0 Å². The molecule has 11 heteroatoms. The summed E-state index contributed by atoms with van der Waals surface area (Å²) in [6.07, 6.45) is 5.00. The van der Waals surface area contributed by atoms with Gasteiger partial charge in [0.05, 0.1) is 49.7 Å². The summed E-state index contributed by atoms with van der Waals surface area (Å²) >= 11 is 6.82. The summed E-state index contributed by atoms with van der Waals surface area (Å²) in [6, 6.07) is 10.6. The molecule has 2 aromatic rings. The largest absolute Gasteiger partial charge is 0.494 e. The van der Waals surface area contributed by atoms with E-state index in [1.807, 2.05) is 18.2 Å². The summed E-state index contributed by atoms with van der Waals surface area (Å²) < 4.78 is 14.2. The fourth-order valence-electron chi connectivity index (χ4n) is 3.71. The summed E-state index contributed by atoms with van der Waals surface area (Å²) in [5.41, 5.74) is 4.40. The average Bonchev–Trinajstić information content (AvgIpc) is 3.57. The molecule has 0 unspecified atom stereocenters. The first-order chi connectivity index (χ1) is 18.9. The van der Waals surface area contributed by atoms with Crippen LogP contribution in [0.15, 0.2) is 70.0 Å². The molecule has 0 atom stereocenters. The Morgan fingerprint density at radius 2 is 1.23 bits per heavy atom. The average molecular weight is 600 g/mol. The highest BCUT2D eigenvalue weighted by Gasteiger charge is 2.37. The van der Waals surface area contributed by atoms with Gasteiger partial charge in [0.2, 0.25) is 0 Å². The fourth-order valence-corrected chi connectivity index (χ4v) is 9.62. The van der Waals surface area contributed by atoms with E-state index in [9.17, 15) is 5.26 Å². The van der Waals surface area contributed by atoms with Gasteiger partial charge < -0.3 is 9.47 Å². The Morgan fingerprint density at radius 1 is 0.821 bits per heavy atom. The minimum absolute atomic E-state index is 0.250. The van der Waals surface area contributed by atoms with Gasteiger partial charge in [0.1, 0.15) is 11.5 Å². The number of allylic oxidation sites excluding steroid dienone is 2. The summed E-state index contributed by atoms with van der Waals surface area (Å²) in [7, 11) is 3.46. The molecule has 0 spiro atoms. The Kier molecular flexibility index (Phi) is 13.3. The lowest BCUT2D eigenvalue weighted by Crippen LogP contribution is -1.94. The van der Waals surface area contributed by atoms with Crippen LogP contribution in [0.1, 0.15) is 37.8 Å². The second-order valence-electron chi connectivity index (χ2n) is 7.56. The Hall–Kier alpha value is -3.09. The van der Waals surface area contributed by atoms with Crippen molar-refractivity contribution >= 4 is 65.4 Å². The molecule has 0 N–H and O–H groups in total. The molecule has 0 aromatic heterocycles. The number of ether oxygens (including phenoxy) is 2. The lowest BCUT2D eigenvalue weighted by atomic mass is 10.1. The fraction of sp³-hybridized carbons (Fsp3) is 0.250. The second kappa shape index (κ2) is 16.1. The standard InChI is InChI=1S/C26H25NO2S4.2CO2/c1-6-15-9-11-16(12-10-15)13-18(14-27)26-32-23-19(28-4)21-22(20(29-5)24(23)33-26)31-25(30-21)17(7-2)8-3;2*2-1-3/h6,9-12H,1,7-8,13H2,2-5H3;;. The SMILES string of the molecule is C=Cc1ccc(CC(C#N)=C2Sc3c(OC)c4c(c(OC)c3S2)SC(=C(CC)CC)S4)cc1.O=C=O.O=C=O. The van der Waals surface area contributed by atoms with Gasteiger partial charge in [0.25, 0.3) is 0 Å². The van der Waals surface area contributed by atoms with E-state index in [4.69, 9.17) is 28.7 Å². The van der Waals surface area contributed by atoms with Crippen molar-refractivity contribution in [2.75, 3.05) is 14.2 Å². The van der Waals surface area contributed by atoms with Gasteiger partial charge in [-0.2, -0.15) is 24.4 Å². The summed E-state index contributed by atoms with van der Waals surface area (Å²) in [5, 5.41) is 9.97. The minimum Gasteiger partial charge on any atom is -0.494 e. The molecule has 2 aliphatic rings. The number of fused-ring (bicyclic) bond motifs is 2. The van der Waals surface area contributed by atoms with Crippen molar-refractivity contribution in [3.8, 4) is 17.6 Å². The van der Waals surface area contributed by atoms with Crippen LogP contribution in [-0.2, 0) is 25.6 Å². The van der Waals surface area contributed by atoms with Crippen LogP contribution >= 0.6 is 47.0 Å². The maximum Gasteiger partial charge on any atom is 0.373 e. The van der Waals surface area contributed by atoms with Gasteiger partial charge in [-0.25, -0.2) is 0 Å². The van der Waals surface area contributed by atoms with Gasteiger partial charge in [-0.15, -0.1) is 0 Å². The molecule has 0 amide bonds. The molecule has 0 bridgehead atoms. The first-order valence-electron chi connectivity index (χ1n) is 11.5. The monoisotopic (exact) mass is 599 g/mol. The lowest BCUT2D eigenvalue weighted by Gasteiger charge is -2.14. The van der Waals surface area contributed by atoms with Crippen LogP contribution < -0.4 is 9.47 Å². The minimum atomic E-state index is 0.250. The zero-order chi connectivity index (χ0) is 28.9. The number of methoxy groups -OCH3 is 2. The van der Waals surface area contributed by atoms with Gasteiger partial charge in [0, 0.05) is 10.7 Å². The third kappa shape index (κ3) is 7.52. The number of carbonyl (C=O) groups excluding carboxylic acids is 4. The number of thioether (sulfide) groups is 4. The van der Waals surface area contributed by atoms with Crippen LogP contribution in [0.5, 0.6) is 11.5 Å². The Balaban J connectivity index is 0.000000815. The molecule has 0 aliphatic carbocycles. The number of hydrogen-bond donors (Lipinski definition) is 0. The maximum absolute atomic E-state index is 9.97. The van der Waals surface area contributed by atoms with Gasteiger partial charge >= 0.3 is 12.3 Å².